The number of carbonyl (C=O) groups is 1. The van der Waals surface area contributed by atoms with E-state index >= 15 is 0 Å². The average Bonchev–Trinajstić information content (AvgIpc) is 3.07. The first-order valence-electron chi connectivity index (χ1n) is 6.24. The number of nitrogens with one attached hydrogen (secondary N) is 2. The Hall–Kier alpha value is -1.63. The minimum absolute atomic E-state index is 0.181. The van der Waals surface area contributed by atoms with Crippen molar-refractivity contribution in [1.29, 1.82) is 0 Å². The Morgan fingerprint density at radius 2 is 1.90 bits per heavy atom. The van der Waals surface area contributed by atoms with Gasteiger partial charge in [-0.05, 0) is 54.4 Å². The molecule has 106 valence electrons. The van der Waals surface area contributed by atoms with Gasteiger partial charge in [0.05, 0.1) is 0 Å². The average molecular weight is 332 g/mol. The Balaban J connectivity index is 1.84. The predicted molar refractivity (Wildman–Crippen MR) is 93.4 cm³/mol. The summed E-state index contributed by atoms with van der Waals surface area (Å²) in [6.45, 7) is 0. The SMILES string of the molecule is CSc1ccc(-c2ccc(/C=C3/NC(=S)NC3=O)s2)cc1. The van der Waals surface area contributed by atoms with Crippen LogP contribution in [-0.4, -0.2) is 17.3 Å². The summed E-state index contributed by atoms with van der Waals surface area (Å²) >= 11 is 8.28. The number of thioether (sulfide) groups is 1. The van der Waals surface area contributed by atoms with Crippen molar-refractivity contribution in [3.63, 3.8) is 0 Å². The molecule has 0 spiro atoms. The van der Waals surface area contributed by atoms with E-state index in [0.717, 1.165) is 4.88 Å². The second kappa shape index (κ2) is 6.01. The molecule has 0 radical (unpaired) electrons. The van der Waals surface area contributed by atoms with Gasteiger partial charge in [-0.25, -0.2) is 0 Å². The smallest absolute Gasteiger partial charge is 0.273 e. The second-order valence-corrected chi connectivity index (χ2v) is 6.80. The number of hydrogen-bond donors (Lipinski definition) is 2. The maximum atomic E-state index is 11.6. The molecule has 0 unspecified atom stereocenters. The van der Waals surface area contributed by atoms with Gasteiger partial charge in [0, 0.05) is 14.6 Å². The molecular formula is C15H12N2OS3. The molecule has 21 heavy (non-hydrogen) atoms. The lowest BCUT2D eigenvalue weighted by molar-refractivity contribution is -0.115. The Morgan fingerprint density at radius 3 is 2.52 bits per heavy atom. The van der Waals surface area contributed by atoms with Gasteiger partial charge in [0.1, 0.15) is 5.70 Å². The van der Waals surface area contributed by atoms with Gasteiger partial charge in [-0.2, -0.15) is 0 Å². The van der Waals surface area contributed by atoms with Gasteiger partial charge in [-0.1, -0.05) is 12.1 Å². The number of amides is 1. The standard InChI is InChI=1S/C15H12N2OS3/c1-20-10-4-2-9(3-5-10)13-7-6-11(21-13)8-12-14(18)17-15(19)16-12/h2-8H,1H3,(H2,16,17,18,19)/b12-8+. The summed E-state index contributed by atoms with van der Waals surface area (Å²) in [5.41, 5.74) is 1.67. The summed E-state index contributed by atoms with van der Waals surface area (Å²) in [7, 11) is 0. The molecule has 1 amide bonds. The molecule has 2 heterocycles. The van der Waals surface area contributed by atoms with E-state index in [2.05, 4.69) is 47.2 Å². The Kier molecular flexibility index (Phi) is 4.10. The van der Waals surface area contributed by atoms with Crippen LogP contribution in [0.5, 0.6) is 0 Å². The fraction of sp³-hybridized carbons (Fsp3) is 0.0667. The fourth-order valence-corrected chi connectivity index (χ4v) is 3.53. The molecule has 1 aromatic carbocycles. The van der Waals surface area contributed by atoms with Crippen LogP contribution in [0.2, 0.25) is 0 Å². The number of thiocarbonyl (C=S) groups is 1. The molecule has 1 aliphatic rings. The van der Waals surface area contributed by atoms with Gasteiger partial charge in [-0.3, -0.25) is 10.1 Å². The first-order chi connectivity index (χ1) is 10.2. The van der Waals surface area contributed by atoms with Gasteiger partial charge in [0.25, 0.3) is 5.91 Å². The van der Waals surface area contributed by atoms with Crippen molar-refractivity contribution in [3.05, 3.63) is 47.0 Å². The zero-order valence-corrected chi connectivity index (χ0v) is 13.6. The predicted octanol–water partition coefficient (Wildman–Crippen LogP) is 3.48. The van der Waals surface area contributed by atoms with Crippen molar-refractivity contribution < 1.29 is 4.79 Å². The molecule has 0 aliphatic carbocycles. The van der Waals surface area contributed by atoms with Crippen LogP contribution in [0.15, 0.2) is 47.0 Å². The van der Waals surface area contributed by atoms with Gasteiger partial charge in [0.15, 0.2) is 5.11 Å². The molecule has 2 N–H and O–H groups in total. The van der Waals surface area contributed by atoms with Crippen LogP contribution in [0.25, 0.3) is 16.5 Å². The van der Waals surface area contributed by atoms with Crippen LogP contribution >= 0.6 is 35.3 Å². The van der Waals surface area contributed by atoms with Crippen LogP contribution in [0.4, 0.5) is 0 Å². The highest BCUT2D eigenvalue weighted by atomic mass is 32.2. The van der Waals surface area contributed by atoms with E-state index in [1.807, 2.05) is 12.1 Å². The Bertz CT molecular complexity index is 732. The van der Waals surface area contributed by atoms with E-state index in [-0.39, 0.29) is 5.91 Å². The van der Waals surface area contributed by atoms with Gasteiger partial charge in [-0.15, -0.1) is 23.1 Å². The summed E-state index contributed by atoms with van der Waals surface area (Å²) in [6, 6.07) is 12.5. The molecular weight excluding hydrogens is 320 g/mol. The van der Waals surface area contributed by atoms with E-state index < -0.39 is 0 Å². The van der Waals surface area contributed by atoms with Crippen molar-refractivity contribution in [2.24, 2.45) is 0 Å². The lowest BCUT2D eigenvalue weighted by Gasteiger charge is -1.99. The van der Waals surface area contributed by atoms with Crippen LogP contribution < -0.4 is 10.6 Å². The zero-order valence-electron chi connectivity index (χ0n) is 11.2. The largest absolute Gasteiger partial charge is 0.328 e. The number of benzene rings is 1. The van der Waals surface area contributed by atoms with Crippen molar-refractivity contribution in [3.8, 4) is 10.4 Å². The van der Waals surface area contributed by atoms with Crippen molar-refractivity contribution in [2.75, 3.05) is 6.26 Å². The fourth-order valence-electron chi connectivity index (χ4n) is 1.97. The third-order valence-corrected chi connectivity index (χ3v) is 5.04. The van der Waals surface area contributed by atoms with Gasteiger partial charge in [0.2, 0.25) is 0 Å². The second-order valence-electron chi connectivity index (χ2n) is 4.40. The lowest BCUT2D eigenvalue weighted by atomic mass is 10.2. The molecule has 0 bridgehead atoms. The van der Waals surface area contributed by atoms with Crippen LogP contribution in [-0.2, 0) is 4.79 Å². The van der Waals surface area contributed by atoms with Crippen LogP contribution in [0.3, 0.4) is 0 Å². The minimum Gasteiger partial charge on any atom is -0.328 e. The van der Waals surface area contributed by atoms with Crippen molar-refractivity contribution in [2.45, 2.75) is 4.90 Å². The molecule has 3 nitrogen and oxygen atoms in total. The first kappa shape index (κ1) is 14.3. The van der Waals surface area contributed by atoms with Crippen LogP contribution in [0, 0.1) is 0 Å². The molecule has 6 heteroatoms. The molecule has 1 saturated heterocycles. The molecule has 0 saturated carbocycles. The number of carbonyl (C=O) groups excluding carboxylic acids is 1. The number of rotatable bonds is 3. The summed E-state index contributed by atoms with van der Waals surface area (Å²) in [5.74, 6) is -0.181. The van der Waals surface area contributed by atoms with E-state index in [1.54, 1.807) is 23.1 Å². The first-order valence-corrected chi connectivity index (χ1v) is 8.69. The Morgan fingerprint density at radius 1 is 1.14 bits per heavy atom. The van der Waals surface area contributed by atoms with Crippen molar-refractivity contribution >= 4 is 52.4 Å². The molecule has 2 aromatic rings. The molecule has 3 rings (SSSR count). The highest BCUT2D eigenvalue weighted by Gasteiger charge is 2.20. The Labute approximate surface area is 136 Å². The van der Waals surface area contributed by atoms with E-state index in [1.165, 1.54) is 15.3 Å². The summed E-state index contributed by atoms with van der Waals surface area (Å²) in [6.07, 6.45) is 3.88. The van der Waals surface area contributed by atoms with Gasteiger partial charge < -0.3 is 5.32 Å². The normalized spacial score (nSPS) is 16.1. The number of hydrogen-bond acceptors (Lipinski definition) is 4. The van der Waals surface area contributed by atoms with Crippen LogP contribution in [0.1, 0.15) is 4.88 Å². The summed E-state index contributed by atoms with van der Waals surface area (Å²) in [5, 5.41) is 5.76. The highest BCUT2D eigenvalue weighted by Crippen LogP contribution is 2.30. The van der Waals surface area contributed by atoms with Gasteiger partial charge >= 0.3 is 0 Å². The topological polar surface area (TPSA) is 41.1 Å². The molecule has 1 fully saturated rings. The van der Waals surface area contributed by atoms with E-state index in [4.69, 9.17) is 12.2 Å². The number of thiophene rings is 1. The highest BCUT2D eigenvalue weighted by molar-refractivity contribution is 7.98. The van der Waals surface area contributed by atoms with E-state index in [0.29, 0.717) is 10.8 Å². The van der Waals surface area contributed by atoms with E-state index in [9.17, 15) is 4.79 Å². The summed E-state index contributed by atoms with van der Waals surface area (Å²) in [4.78, 5) is 15.0. The maximum Gasteiger partial charge on any atom is 0.273 e. The maximum absolute atomic E-state index is 11.6. The third kappa shape index (κ3) is 3.18. The molecule has 1 aromatic heterocycles. The minimum atomic E-state index is -0.181. The quantitative estimate of drug-likeness (QED) is 0.513. The lowest BCUT2D eigenvalue weighted by Crippen LogP contribution is -2.21. The molecule has 1 aliphatic heterocycles. The third-order valence-electron chi connectivity index (χ3n) is 3.01. The molecule has 0 atom stereocenters. The monoisotopic (exact) mass is 332 g/mol. The van der Waals surface area contributed by atoms with Crippen molar-refractivity contribution in [1.82, 2.24) is 10.6 Å². The summed E-state index contributed by atoms with van der Waals surface area (Å²) < 4.78 is 0. The zero-order chi connectivity index (χ0) is 14.8.